The molecular weight excluding hydrogens is 547 g/mol. The largest absolute Gasteiger partial charge is 0.496 e. The quantitative estimate of drug-likeness (QED) is 0.457. The molecule has 0 radical (unpaired) electrons. The predicted molar refractivity (Wildman–Crippen MR) is 138 cm³/mol. The van der Waals surface area contributed by atoms with Crippen molar-refractivity contribution in [2.75, 3.05) is 13.7 Å². The van der Waals surface area contributed by atoms with Gasteiger partial charge in [0.2, 0.25) is 0 Å². The van der Waals surface area contributed by atoms with Crippen LogP contribution in [0.4, 0.5) is 13.2 Å². The van der Waals surface area contributed by atoms with Gasteiger partial charge in [-0.2, -0.15) is 26.7 Å². The molecule has 0 bridgehead atoms. The summed E-state index contributed by atoms with van der Waals surface area (Å²) in [6, 6.07) is 4.79. The second-order valence-electron chi connectivity index (χ2n) is 9.67. The number of aromatic nitrogens is 2. The van der Waals surface area contributed by atoms with Crippen LogP contribution in [0.3, 0.4) is 0 Å². The smallest absolute Gasteiger partial charge is 0.391 e. The Morgan fingerprint density at radius 3 is 2.47 bits per heavy atom. The Labute approximate surface area is 228 Å². The first kappa shape index (κ1) is 31.8. The molecule has 1 amide bonds. The van der Waals surface area contributed by atoms with E-state index in [1.165, 1.54) is 7.11 Å². The number of hydrogen-bond donors (Lipinski definition) is 2. The van der Waals surface area contributed by atoms with E-state index in [1.807, 2.05) is 6.92 Å². The summed E-state index contributed by atoms with van der Waals surface area (Å²) in [5.41, 5.74) is 0.512. The van der Waals surface area contributed by atoms with E-state index in [2.05, 4.69) is 17.3 Å². The average molecular weight is 580 g/mol. The molecule has 1 heterocycles. The molecule has 3 rings (SSSR count). The minimum absolute atomic E-state index is 0.0214. The normalized spacial score (nSPS) is 20.2. The highest BCUT2D eigenvalue weighted by Crippen LogP contribution is 2.39. The molecule has 1 saturated carbocycles. The highest BCUT2D eigenvalue weighted by molar-refractivity contribution is 7.51. The number of aryl methyl sites for hydroxylation is 1. The van der Waals surface area contributed by atoms with E-state index in [9.17, 15) is 23.1 Å². The summed E-state index contributed by atoms with van der Waals surface area (Å²) in [6.45, 7) is 5.64. The standard InChI is InChI=1S/C25H33ClF3N3O3.O2S/c1-5-32-22(18-7-6-17(13-19(18)35-4)12-16(3)25(27,28)29)20(26)21(31-32)23(33)30-14-24(34)10-8-15(2)9-11-24;1-3-2/h6-7,13,15-16,34H,5,8-12,14H2,1-4H3,(H,30,33);. The van der Waals surface area contributed by atoms with E-state index in [0.717, 1.165) is 19.8 Å². The first-order chi connectivity index (χ1) is 17.8. The minimum atomic E-state index is -4.29. The molecule has 0 saturated heterocycles. The highest BCUT2D eigenvalue weighted by Gasteiger charge is 2.36. The lowest BCUT2D eigenvalue weighted by Crippen LogP contribution is -2.45. The number of hydrogen-bond acceptors (Lipinski definition) is 6. The van der Waals surface area contributed by atoms with Gasteiger partial charge in [0, 0.05) is 18.7 Å². The van der Waals surface area contributed by atoms with Gasteiger partial charge in [0.15, 0.2) is 5.69 Å². The molecule has 38 heavy (non-hydrogen) atoms. The number of alkyl halides is 3. The van der Waals surface area contributed by atoms with Gasteiger partial charge in [-0.25, -0.2) is 0 Å². The van der Waals surface area contributed by atoms with Crippen molar-refractivity contribution in [1.29, 1.82) is 0 Å². The third-order valence-corrected chi connectivity index (χ3v) is 7.17. The molecule has 8 nitrogen and oxygen atoms in total. The maximum Gasteiger partial charge on any atom is 0.391 e. The number of nitrogens with zero attached hydrogens (tertiary/aromatic N) is 2. The van der Waals surface area contributed by atoms with E-state index in [1.54, 1.807) is 22.9 Å². The summed E-state index contributed by atoms with van der Waals surface area (Å²) in [5, 5.41) is 18.0. The lowest BCUT2D eigenvalue weighted by atomic mass is 9.79. The van der Waals surface area contributed by atoms with Crippen LogP contribution in [0, 0.1) is 11.8 Å². The summed E-state index contributed by atoms with van der Waals surface area (Å²) in [7, 11) is 1.43. The van der Waals surface area contributed by atoms with Crippen LogP contribution in [-0.4, -0.2) is 54.6 Å². The molecule has 1 aromatic heterocycles. The summed E-state index contributed by atoms with van der Waals surface area (Å²) in [6.07, 6.45) is -1.43. The molecule has 1 fully saturated rings. The molecule has 2 aromatic rings. The lowest BCUT2D eigenvalue weighted by Gasteiger charge is -2.34. The van der Waals surface area contributed by atoms with Crippen molar-refractivity contribution in [1.82, 2.24) is 15.1 Å². The molecule has 1 unspecified atom stereocenters. The number of rotatable bonds is 8. The topological polar surface area (TPSA) is 111 Å². The second-order valence-corrected chi connectivity index (χ2v) is 10.2. The zero-order valence-electron chi connectivity index (χ0n) is 21.7. The molecule has 1 aliphatic rings. The van der Waals surface area contributed by atoms with E-state index < -0.39 is 35.2 Å². The van der Waals surface area contributed by atoms with Crippen molar-refractivity contribution in [2.24, 2.45) is 11.8 Å². The molecule has 13 heteroatoms. The number of methoxy groups -OCH3 is 1. The second kappa shape index (κ2) is 13.6. The monoisotopic (exact) mass is 579 g/mol. The zero-order valence-corrected chi connectivity index (χ0v) is 23.3. The van der Waals surface area contributed by atoms with Crippen LogP contribution < -0.4 is 10.1 Å². The fourth-order valence-corrected chi connectivity index (χ4v) is 4.73. The fraction of sp³-hybridized carbons (Fsp3) is 0.600. The Morgan fingerprint density at radius 2 is 1.95 bits per heavy atom. The predicted octanol–water partition coefficient (Wildman–Crippen LogP) is 4.97. The van der Waals surface area contributed by atoms with Crippen LogP contribution >= 0.6 is 11.6 Å². The third-order valence-electron chi connectivity index (χ3n) is 6.81. The third kappa shape index (κ3) is 8.03. The highest BCUT2D eigenvalue weighted by atomic mass is 35.5. The van der Waals surface area contributed by atoms with Gasteiger partial charge < -0.3 is 15.2 Å². The minimum Gasteiger partial charge on any atom is -0.496 e. The van der Waals surface area contributed by atoms with E-state index in [0.29, 0.717) is 47.9 Å². The van der Waals surface area contributed by atoms with Gasteiger partial charge in [-0.05, 0) is 62.6 Å². The van der Waals surface area contributed by atoms with E-state index in [-0.39, 0.29) is 23.7 Å². The van der Waals surface area contributed by atoms with Gasteiger partial charge in [-0.3, -0.25) is 9.48 Å². The van der Waals surface area contributed by atoms with Crippen LogP contribution in [-0.2, 0) is 24.5 Å². The summed E-state index contributed by atoms with van der Waals surface area (Å²) in [4.78, 5) is 12.9. The first-order valence-electron chi connectivity index (χ1n) is 12.2. The van der Waals surface area contributed by atoms with Gasteiger partial charge in [-0.15, -0.1) is 0 Å². The number of carbonyl (C=O) groups excluding carboxylic acids is 1. The van der Waals surface area contributed by atoms with Crippen molar-refractivity contribution < 1.29 is 36.2 Å². The van der Waals surface area contributed by atoms with E-state index >= 15 is 0 Å². The van der Waals surface area contributed by atoms with Gasteiger partial charge in [0.05, 0.1) is 29.3 Å². The van der Waals surface area contributed by atoms with Crippen LogP contribution in [0.1, 0.15) is 62.5 Å². The Kier molecular flexibility index (Phi) is 11.3. The zero-order chi connectivity index (χ0) is 28.7. The average Bonchev–Trinajstić information content (AvgIpc) is 3.20. The van der Waals surface area contributed by atoms with Crippen molar-refractivity contribution in [3.63, 3.8) is 0 Å². The maximum absolute atomic E-state index is 13.0. The summed E-state index contributed by atoms with van der Waals surface area (Å²) in [5.74, 6) is -1.10. The van der Waals surface area contributed by atoms with E-state index in [4.69, 9.17) is 24.8 Å². The maximum atomic E-state index is 13.0. The SMILES string of the molecule is CCn1nc(C(=O)NCC2(O)CCC(C)CC2)c(Cl)c1-c1ccc(CC(C)C(F)(F)F)cc1OC.O=S=O. The number of amides is 1. The van der Waals surface area contributed by atoms with Crippen molar-refractivity contribution in [3.05, 3.63) is 34.5 Å². The molecule has 212 valence electrons. The van der Waals surface area contributed by atoms with Crippen molar-refractivity contribution >= 4 is 29.1 Å². The van der Waals surface area contributed by atoms with Gasteiger partial charge in [0.25, 0.3) is 5.91 Å². The van der Waals surface area contributed by atoms with Crippen LogP contribution in [0.5, 0.6) is 5.75 Å². The van der Waals surface area contributed by atoms with Crippen molar-refractivity contribution in [2.45, 2.75) is 71.2 Å². The van der Waals surface area contributed by atoms with Gasteiger partial charge in [-0.1, -0.05) is 31.5 Å². The van der Waals surface area contributed by atoms with Crippen LogP contribution in [0.2, 0.25) is 5.02 Å². The number of benzene rings is 1. The lowest BCUT2D eigenvalue weighted by molar-refractivity contribution is -0.169. The number of ether oxygens (including phenoxy) is 1. The number of carbonyl (C=O) groups is 1. The Hall–Kier alpha value is -2.44. The molecule has 1 aromatic carbocycles. The molecular formula is C25H33ClF3N3O5S. The number of nitrogens with one attached hydrogen (secondary N) is 1. The Bertz CT molecular complexity index is 1140. The molecule has 1 aliphatic carbocycles. The Balaban J connectivity index is 0.00000161. The molecule has 2 N–H and O–H groups in total. The van der Waals surface area contributed by atoms with Gasteiger partial charge in [0.1, 0.15) is 5.75 Å². The summed E-state index contributed by atoms with van der Waals surface area (Å²) >= 11 is 5.86. The summed E-state index contributed by atoms with van der Waals surface area (Å²) < 4.78 is 62.6. The van der Waals surface area contributed by atoms with Gasteiger partial charge >= 0.3 is 17.7 Å². The molecule has 0 aliphatic heterocycles. The molecule has 1 atom stereocenters. The fourth-order valence-electron chi connectivity index (χ4n) is 4.40. The van der Waals surface area contributed by atoms with Crippen LogP contribution in [0.15, 0.2) is 18.2 Å². The Morgan fingerprint density at radius 1 is 1.34 bits per heavy atom. The number of aliphatic hydroxyl groups is 1. The van der Waals surface area contributed by atoms with Crippen molar-refractivity contribution in [3.8, 4) is 17.0 Å². The molecule has 0 spiro atoms. The van der Waals surface area contributed by atoms with Crippen LogP contribution in [0.25, 0.3) is 11.3 Å². The first-order valence-corrected chi connectivity index (χ1v) is 13.3. The number of halogens is 4.